The summed E-state index contributed by atoms with van der Waals surface area (Å²) in [6.45, 7) is 3.01. The Balaban J connectivity index is 1.55. The molecule has 7 nitrogen and oxygen atoms in total. The summed E-state index contributed by atoms with van der Waals surface area (Å²) in [5.74, 6) is 1.38. The fourth-order valence-corrected chi connectivity index (χ4v) is 3.17. The van der Waals surface area contributed by atoms with Gasteiger partial charge in [0.1, 0.15) is 35.4 Å². The lowest BCUT2D eigenvalue weighted by Gasteiger charge is -2.24. The van der Waals surface area contributed by atoms with Crippen LogP contribution in [-0.4, -0.2) is 39.4 Å². The van der Waals surface area contributed by atoms with Crippen molar-refractivity contribution < 1.29 is 18.3 Å². The molecule has 8 heteroatoms. The van der Waals surface area contributed by atoms with Gasteiger partial charge >= 0.3 is 0 Å². The van der Waals surface area contributed by atoms with Gasteiger partial charge in [-0.05, 0) is 31.2 Å². The Labute approximate surface area is 155 Å². The van der Waals surface area contributed by atoms with E-state index < -0.39 is 0 Å². The van der Waals surface area contributed by atoms with Crippen LogP contribution in [0.1, 0.15) is 33.5 Å². The number of rotatable bonds is 4. The zero-order chi connectivity index (χ0) is 19.0. The first kappa shape index (κ1) is 17.4. The average Bonchev–Trinajstić information content (AvgIpc) is 3.24. The van der Waals surface area contributed by atoms with E-state index in [1.54, 1.807) is 31.1 Å². The van der Waals surface area contributed by atoms with Crippen molar-refractivity contribution in [2.45, 2.75) is 26.5 Å². The van der Waals surface area contributed by atoms with Gasteiger partial charge in [-0.15, -0.1) is 0 Å². The van der Waals surface area contributed by atoms with E-state index in [0.29, 0.717) is 49.2 Å². The highest BCUT2D eigenvalue weighted by Crippen LogP contribution is 2.24. The van der Waals surface area contributed by atoms with Gasteiger partial charge in [0.15, 0.2) is 0 Å². The average molecular weight is 370 g/mol. The van der Waals surface area contributed by atoms with Crippen molar-refractivity contribution in [2.24, 2.45) is 0 Å². The van der Waals surface area contributed by atoms with Crippen LogP contribution in [0.3, 0.4) is 0 Å². The Morgan fingerprint density at radius 3 is 2.85 bits per heavy atom. The van der Waals surface area contributed by atoms with Gasteiger partial charge in [0.25, 0.3) is 5.91 Å². The second kappa shape index (κ2) is 6.96. The van der Waals surface area contributed by atoms with Crippen LogP contribution < -0.4 is 0 Å². The third kappa shape index (κ3) is 3.35. The van der Waals surface area contributed by atoms with Gasteiger partial charge in [0.2, 0.25) is 5.89 Å². The maximum atomic E-state index is 13.1. The second-order valence-electron chi connectivity index (χ2n) is 6.45. The summed E-state index contributed by atoms with van der Waals surface area (Å²) in [6.07, 6.45) is 0.603. The molecule has 1 aromatic carbocycles. The summed E-state index contributed by atoms with van der Waals surface area (Å²) in [5, 5.41) is 0. The first-order chi connectivity index (χ1) is 13.0. The molecule has 0 saturated heterocycles. The normalized spacial score (nSPS) is 13.7. The lowest BCUT2D eigenvalue weighted by Crippen LogP contribution is -2.36. The lowest BCUT2D eigenvalue weighted by molar-refractivity contribution is 0.0721. The zero-order valence-corrected chi connectivity index (χ0v) is 15.1. The van der Waals surface area contributed by atoms with Crippen LogP contribution in [0.25, 0.3) is 11.4 Å². The number of fused-ring (bicyclic) bond motifs is 1. The molecule has 0 unspecified atom stereocenters. The maximum absolute atomic E-state index is 13.1. The molecular formula is C19H19FN4O3. The topological polar surface area (TPSA) is 84.2 Å². The highest BCUT2D eigenvalue weighted by atomic mass is 19.1. The molecule has 140 valence electrons. The van der Waals surface area contributed by atoms with Gasteiger partial charge in [0, 0.05) is 31.3 Å². The number of benzene rings is 1. The largest absolute Gasteiger partial charge is 0.443 e. The molecule has 0 fully saturated rings. The maximum Gasteiger partial charge on any atom is 0.274 e. The monoisotopic (exact) mass is 370 g/mol. The molecule has 2 aromatic heterocycles. The Bertz CT molecular complexity index is 978. The highest BCUT2D eigenvalue weighted by Gasteiger charge is 2.28. The van der Waals surface area contributed by atoms with Crippen molar-refractivity contribution in [1.82, 2.24) is 19.9 Å². The van der Waals surface area contributed by atoms with Gasteiger partial charge in [-0.2, -0.15) is 0 Å². The number of nitrogens with zero attached hydrogens (tertiary/aromatic N) is 3. The third-order valence-corrected chi connectivity index (χ3v) is 4.53. The predicted octanol–water partition coefficient (Wildman–Crippen LogP) is 2.86. The summed E-state index contributed by atoms with van der Waals surface area (Å²) < 4.78 is 23.8. The summed E-state index contributed by atoms with van der Waals surface area (Å²) in [6, 6.07) is 5.98. The number of nitrogens with one attached hydrogen (secondary N) is 1. The minimum atomic E-state index is -0.317. The second-order valence-corrected chi connectivity index (χ2v) is 6.45. The number of amides is 1. The minimum Gasteiger partial charge on any atom is -0.443 e. The molecule has 3 heterocycles. The van der Waals surface area contributed by atoms with Gasteiger partial charge in [-0.1, -0.05) is 0 Å². The lowest BCUT2D eigenvalue weighted by atomic mass is 10.1. The number of hydrogen-bond acceptors (Lipinski definition) is 5. The molecule has 1 aliphatic rings. The number of halogens is 1. The van der Waals surface area contributed by atoms with E-state index in [1.165, 1.54) is 12.1 Å². The van der Waals surface area contributed by atoms with Crippen molar-refractivity contribution in [2.75, 3.05) is 13.7 Å². The molecule has 1 N–H and O–H groups in total. The van der Waals surface area contributed by atoms with Crippen LogP contribution in [-0.2, 0) is 24.3 Å². The van der Waals surface area contributed by atoms with Crippen molar-refractivity contribution in [3.05, 3.63) is 58.8 Å². The fraction of sp³-hybridized carbons (Fsp3) is 0.316. The molecule has 0 atom stereocenters. The zero-order valence-electron chi connectivity index (χ0n) is 15.1. The number of aromatic amines is 1. The molecule has 3 aromatic rings. The summed E-state index contributed by atoms with van der Waals surface area (Å²) >= 11 is 0. The molecule has 1 amide bonds. The number of aromatic nitrogens is 3. The van der Waals surface area contributed by atoms with Crippen LogP contribution in [0.15, 0.2) is 28.7 Å². The Kier molecular flexibility index (Phi) is 4.49. The smallest absolute Gasteiger partial charge is 0.274 e. The molecule has 27 heavy (non-hydrogen) atoms. The van der Waals surface area contributed by atoms with Gasteiger partial charge in [-0.25, -0.2) is 14.4 Å². The molecule has 1 aliphatic heterocycles. The molecule has 4 rings (SSSR count). The molecule has 0 radical (unpaired) electrons. The van der Waals surface area contributed by atoms with Gasteiger partial charge < -0.3 is 19.0 Å². The Morgan fingerprint density at radius 1 is 1.33 bits per heavy atom. The first-order valence-corrected chi connectivity index (χ1v) is 8.63. The quantitative estimate of drug-likeness (QED) is 0.763. The van der Waals surface area contributed by atoms with E-state index in [4.69, 9.17) is 9.15 Å². The number of carbonyl (C=O) groups excluding carboxylic acids is 1. The van der Waals surface area contributed by atoms with Crippen molar-refractivity contribution in [3.63, 3.8) is 0 Å². The van der Waals surface area contributed by atoms with E-state index in [1.807, 2.05) is 0 Å². The number of imidazole rings is 1. The van der Waals surface area contributed by atoms with E-state index in [-0.39, 0.29) is 11.7 Å². The molecule has 0 aliphatic carbocycles. The van der Waals surface area contributed by atoms with Crippen molar-refractivity contribution in [3.8, 4) is 11.4 Å². The number of ether oxygens (including phenoxy) is 1. The van der Waals surface area contributed by atoms with Crippen LogP contribution in [0, 0.1) is 12.7 Å². The standard InChI is InChI=1S/C19H19FN4O3/c1-11-17(23-18(21-11)12-3-5-13(20)6-4-12)19(25)24-8-7-15-14(9-24)22-16(27-15)10-26-2/h3-6H,7-10H2,1-2H3,(H,21,23). The highest BCUT2D eigenvalue weighted by molar-refractivity contribution is 5.94. The minimum absolute atomic E-state index is 0.168. The van der Waals surface area contributed by atoms with Crippen LogP contribution in [0.2, 0.25) is 0 Å². The molecular weight excluding hydrogens is 351 g/mol. The summed E-state index contributed by atoms with van der Waals surface area (Å²) in [5.41, 5.74) is 2.51. The van der Waals surface area contributed by atoms with E-state index in [9.17, 15) is 9.18 Å². The Hall–Kier alpha value is -3.00. The number of aryl methyl sites for hydroxylation is 1. The van der Waals surface area contributed by atoms with Crippen LogP contribution in [0.5, 0.6) is 0 Å². The fourth-order valence-electron chi connectivity index (χ4n) is 3.17. The van der Waals surface area contributed by atoms with Crippen molar-refractivity contribution >= 4 is 5.91 Å². The Morgan fingerprint density at radius 2 is 2.11 bits per heavy atom. The number of carbonyl (C=O) groups is 1. The number of H-pyrrole nitrogens is 1. The van der Waals surface area contributed by atoms with Gasteiger partial charge in [0.05, 0.1) is 6.54 Å². The van der Waals surface area contributed by atoms with Gasteiger partial charge in [-0.3, -0.25) is 4.79 Å². The summed E-state index contributed by atoms with van der Waals surface area (Å²) in [7, 11) is 1.58. The SMILES string of the molecule is COCc1nc2c(o1)CCN(C(=O)c1nc(-c3ccc(F)cc3)[nH]c1C)C2. The van der Waals surface area contributed by atoms with Crippen molar-refractivity contribution in [1.29, 1.82) is 0 Å². The third-order valence-electron chi connectivity index (χ3n) is 4.53. The number of hydrogen-bond donors (Lipinski definition) is 1. The first-order valence-electron chi connectivity index (χ1n) is 8.63. The summed E-state index contributed by atoms with van der Waals surface area (Å²) in [4.78, 5) is 26.6. The molecule has 0 bridgehead atoms. The van der Waals surface area contributed by atoms with Crippen LogP contribution >= 0.6 is 0 Å². The molecule has 0 spiro atoms. The van der Waals surface area contributed by atoms with E-state index in [2.05, 4.69) is 15.0 Å². The number of oxazole rings is 1. The van der Waals surface area contributed by atoms with E-state index in [0.717, 1.165) is 17.0 Å². The predicted molar refractivity (Wildman–Crippen MR) is 94.4 cm³/mol. The van der Waals surface area contributed by atoms with E-state index >= 15 is 0 Å². The van der Waals surface area contributed by atoms with Crippen LogP contribution in [0.4, 0.5) is 4.39 Å². The number of methoxy groups -OCH3 is 1. The molecule has 0 saturated carbocycles.